The van der Waals surface area contributed by atoms with Gasteiger partial charge in [0.15, 0.2) is 4.67 Å². The molecule has 0 aromatic carbocycles. The van der Waals surface area contributed by atoms with E-state index in [1.54, 1.807) is 22.8 Å². The van der Waals surface area contributed by atoms with Crippen LogP contribution in [0.1, 0.15) is 20.3 Å². The van der Waals surface area contributed by atoms with E-state index in [0.29, 0.717) is 0 Å². The highest BCUT2D eigenvalue weighted by molar-refractivity contribution is 9.00. The molecule has 5 atom stereocenters. The first-order valence-electron chi connectivity index (χ1n) is 6.17. The van der Waals surface area contributed by atoms with E-state index in [1.807, 2.05) is 6.92 Å². The molecule has 3 aliphatic heterocycles. The Morgan fingerprint density at radius 2 is 2.17 bits per heavy atom. The zero-order chi connectivity index (χ0) is 13.0. The van der Waals surface area contributed by atoms with Crippen LogP contribution in [0.2, 0.25) is 0 Å². The Labute approximate surface area is 122 Å². The zero-order valence-corrected chi connectivity index (χ0v) is 13.7. The standard InChI is InChI=1S/C10H16BO3PS3/c1-3-10-6(2)12-7(9(11)13-10)8(10)14-15(16)17-4-5-18-15/h6-9H,3-5H2,1-2H3/t6-,7-,8+,9-,10+/m1/s1. The molecule has 100 valence electrons. The minimum atomic E-state index is -1.81. The van der Waals surface area contributed by atoms with Gasteiger partial charge in [-0.05, 0) is 25.2 Å². The van der Waals surface area contributed by atoms with E-state index >= 15 is 0 Å². The van der Waals surface area contributed by atoms with Crippen LogP contribution < -0.4 is 0 Å². The lowest BCUT2D eigenvalue weighted by Gasteiger charge is -2.35. The molecule has 18 heavy (non-hydrogen) atoms. The second-order valence-electron chi connectivity index (χ2n) is 4.77. The highest BCUT2D eigenvalue weighted by atomic mass is 33.2. The quantitative estimate of drug-likeness (QED) is 0.586. The summed E-state index contributed by atoms with van der Waals surface area (Å²) in [6.07, 6.45) is 0.600. The molecule has 2 radical (unpaired) electrons. The van der Waals surface area contributed by atoms with Gasteiger partial charge in [-0.2, -0.15) is 0 Å². The second kappa shape index (κ2) is 4.94. The molecule has 0 unspecified atom stereocenters. The molecule has 3 aliphatic rings. The van der Waals surface area contributed by atoms with Crippen LogP contribution in [0.25, 0.3) is 0 Å². The maximum Gasteiger partial charge on any atom is 0.175 e. The molecular weight excluding hydrogens is 306 g/mol. The molecule has 0 amide bonds. The highest BCUT2D eigenvalue weighted by Crippen LogP contribution is 2.76. The number of hydrogen-bond donors (Lipinski definition) is 0. The van der Waals surface area contributed by atoms with Crippen molar-refractivity contribution in [2.45, 2.75) is 50.2 Å². The zero-order valence-electron chi connectivity index (χ0n) is 10.4. The molecule has 2 bridgehead atoms. The van der Waals surface area contributed by atoms with Crippen LogP contribution in [0, 0.1) is 0 Å². The fourth-order valence-electron chi connectivity index (χ4n) is 2.92. The largest absolute Gasteiger partial charge is 0.373 e. The van der Waals surface area contributed by atoms with Crippen molar-refractivity contribution in [2.24, 2.45) is 0 Å². The Kier molecular flexibility index (Phi) is 3.91. The van der Waals surface area contributed by atoms with Crippen molar-refractivity contribution in [3.63, 3.8) is 0 Å². The summed E-state index contributed by atoms with van der Waals surface area (Å²) in [5.41, 5.74) is -0.403. The average molecular weight is 322 g/mol. The molecule has 0 aromatic heterocycles. The first-order valence-corrected chi connectivity index (χ1v) is 12.1. The Morgan fingerprint density at radius 3 is 2.78 bits per heavy atom. The van der Waals surface area contributed by atoms with E-state index in [0.717, 1.165) is 17.9 Å². The third-order valence-corrected chi connectivity index (χ3v) is 13.6. The Hall–Kier alpha value is 1.29. The number of rotatable bonds is 3. The van der Waals surface area contributed by atoms with Gasteiger partial charge in [-0.15, -0.1) is 0 Å². The SMILES string of the molecule is [B][C@@H]1O[C@@]2(CC)[C@@H](C)O[C@@H]1[C@@H]2OP1(=S)SCCS1. The monoisotopic (exact) mass is 322 g/mol. The van der Waals surface area contributed by atoms with Gasteiger partial charge in [0.2, 0.25) is 0 Å². The first-order chi connectivity index (χ1) is 8.51. The van der Waals surface area contributed by atoms with E-state index in [1.165, 1.54) is 0 Å². The summed E-state index contributed by atoms with van der Waals surface area (Å²) in [4.78, 5) is 0. The van der Waals surface area contributed by atoms with Crippen molar-refractivity contribution >= 4 is 47.1 Å². The van der Waals surface area contributed by atoms with Crippen molar-refractivity contribution in [3.05, 3.63) is 0 Å². The molecule has 0 aliphatic carbocycles. The summed E-state index contributed by atoms with van der Waals surface area (Å²) < 4.78 is 16.4. The Morgan fingerprint density at radius 1 is 1.50 bits per heavy atom. The minimum Gasteiger partial charge on any atom is -0.373 e. The third kappa shape index (κ3) is 2.05. The third-order valence-electron chi connectivity index (χ3n) is 3.89. The molecule has 3 fully saturated rings. The summed E-state index contributed by atoms with van der Waals surface area (Å²) in [6, 6.07) is -0.384. The van der Waals surface area contributed by atoms with E-state index in [-0.39, 0.29) is 24.3 Å². The normalized spacial score (nSPS) is 49.9. The van der Waals surface area contributed by atoms with Gasteiger partial charge in [0.1, 0.15) is 25.7 Å². The van der Waals surface area contributed by atoms with Crippen molar-refractivity contribution < 1.29 is 14.0 Å². The van der Waals surface area contributed by atoms with Gasteiger partial charge in [-0.1, -0.05) is 29.7 Å². The van der Waals surface area contributed by atoms with Gasteiger partial charge in [-0.3, -0.25) is 0 Å². The Bertz CT molecular complexity index is 389. The predicted molar refractivity (Wildman–Crippen MR) is 82.1 cm³/mol. The highest BCUT2D eigenvalue weighted by Gasteiger charge is 2.64. The van der Waals surface area contributed by atoms with Crippen LogP contribution in [0.3, 0.4) is 0 Å². The van der Waals surface area contributed by atoms with Gasteiger partial charge in [-0.25, -0.2) is 0 Å². The average Bonchev–Trinajstić information content (AvgIpc) is 2.93. The molecule has 0 spiro atoms. The van der Waals surface area contributed by atoms with Gasteiger partial charge in [0.25, 0.3) is 0 Å². The molecule has 0 saturated carbocycles. The lowest BCUT2D eigenvalue weighted by Crippen LogP contribution is -2.46. The molecule has 3 nitrogen and oxygen atoms in total. The maximum atomic E-state index is 6.30. The van der Waals surface area contributed by atoms with E-state index in [2.05, 4.69) is 6.92 Å². The molecule has 3 saturated heterocycles. The van der Waals surface area contributed by atoms with Crippen LogP contribution in [-0.4, -0.2) is 49.3 Å². The molecule has 0 N–H and O–H groups in total. The van der Waals surface area contributed by atoms with Gasteiger partial charge in [0, 0.05) is 17.5 Å². The van der Waals surface area contributed by atoms with Gasteiger partial charge in [0.05, 0.1) is 6.10 Å². The lowest BCUT2D eigenvalue weighted by molar-refractivity contribution is -0.157. The number of hydrogen-bond acceptors (Lipinski definition) is 6. The van der Waals surface area contributed by atoms with Crippen molar-refractivity contribution in [2.75, 3.05) is 11.5 Å². The van der Waals surface area contributed by atoms with Crippen LogP contribution >= 0.6 is 27.4 Å². The number of ether oxygens (including phenoxy) is 2. The van der Waals surface area contributed by atoms with E-state index < -0.39 is 10.3 Å². The summed E-state index contributed by atoms with van der Waals surface area (Å²) in [5, 5.41) is 0. The fraction of sp³-hybridized carbons (Fsp3) is 1.00. The lowest BCUT2D eigenvalue weighted by atomic mass is 9.88. The summed E-state index contributed by atoms with van der Waals surface area (Å²) >= 11 is 9.25. The predicted octanol–water partition coefficient (Wildman–Crippen LogP) is 2.54. The topological polar surface area (TPSA) is 27.7 Å². The van der Waals surface area contributed by atoms with E-state index in [4.69, 9.17) is 33.7 Å². The summed E-state index contributed by atoms with van der Waals surface area (Å²) in [6.45, 7) is 4.13. The van der Waals surface area contributed by atoms with Gasteiger partial charge < -0.3 is 14.0 Å². The van der Waals surface area contributed by atoms with Crippen molar-refractivity contribution in [1.29, 1.82) is 0 Å². The van der Waals surface area contributed by atoms with Crippen LogP contribution in [-0.2, 0) is 25.8 Å². The van der Waals surface area contributed by atoms with Crippen LogP contribution in [0.15, 0.2) is 0 Å². The summed E-state index contributed by atoms with van der Waals surface area (Å²) in [7, 11) is 5.99. The molecular formula is C10H16BO3PS3. The summed E-state index contributed by atoms with van der Waals surface area (Å²) in [5.74, 6) is 2.17. The van der Waals surface area contributed by atoms with E-state index in [9.17, 15) is 0 Å². The minimum absolute atomic E-state index is 0.0245. The Balaban J connectivity index is 1.85. The second-order valence-corrected chi connectivity index (χ2v) is 15.5. The number of fused-ring (bicyclic) bond motifs is 2. The molecule has 3 heterocycles. The van der Waals surface area contributed by atoms with Crippen LogP contribution in [0.5, 0.6) is 0 Å². The maximum absolute atomic E-state index is 6.30. The fourth-order valence-corrected chi connectivity index (χ4v) is 12.2. The first kappa shape index (κ1) is 14.2. The van der Waals surface area contributed by atoms with Crippen molar-refractivity contribution in [1.82, 2.24) is 0 Å². The smallest absolute Gasteiger partial charge is 0.175 e. The molecule has 8 heteroatoms. The van der Waals surface area contributed by atoms with Crippen molar-refractivity contribution in [3.8, 4) is 0 Å². The molecule has 3 rings (SSSR count). The van der Waals surface area contributed by atoms with Crippen LogP contribution in [0.4, 0.5) is 0 Å². The molecule has 0 aromatic rings. The van der Waals surface area contributed by atoms with Gasteiger partial charge >= 0.3 is 0 Å².